The lowest BCUT2D eigenvalue weighted by molar-refractivity contribution is 1.17. The van der Waals surface area contributed by atoms with Gasteiger partial charge in [-0.3, -0.25) is 0 Å². The van der Waals surface area contributed by atoms with E-state index in [4.69, 9.17) is 0 Å². The van der Waals surface area contributed by atoms with Gasteiger partial charge in [0.15, 0.2) is 0 Å². The second-order valence-electron chi connectivity index (χ2n) is 17.0. The van der Waals surface area contributed by atoms with Gasteiger partial charge in [-0.1, -0.05) is 176 Å². The molecule has 0 N–H and O–H groups in total. The van der Waals surface area contributed by atoms with Crippen LogP contribution in [-0.2, 0) is 6.42 Å². The van der Waals surface area contributed by atoms with Crippen LogP contribution in [0.1, 0.15) is 16.7 Å². The number of anilines is 3. The molecule has 0 aliphatic carbocycles. The van der Waals surface area contributed by atoms with Gasteiger partial charge in [0.2, 0.25) is 0 Å². The average molecular weight is 844 g/mol. The molecule has 0 saturated heterocycles. The summed E-state index contributed by atoms with van der Waals surface area (Å²) in [5.74, 6) is 0. The summed E-state index contributed by atoms with van der Waals surface area (Å²) in [5, 5.41) is 5.07. The van der Waals surface area contributed by atoms with E-state index in [0.29, 0.717) is 0 Å². The first-order valence-corrected chi connectivity index (χ1v) is 22.7. The van der Waals surface area contributed by atoms with E-state index >= 15 is 0 Å². The van der Waals surface area contributed by atoms with Crippen LogP contribution < -0.4 is 4.90 Å². The van der Waals surface area contributed by atoms with Crippen molar-refractivity contribution in [3.8, 4) is 22.5 Å². The van der Waals surface area contributed by atoms with Crippen LogP contribution in [0.5, 0.6) is 0 Å². The number of allylic oxidation sites excluding steroid dienone is 1. The smallest absolute Gasteiger partial charge is 0.0541 e. The Morgan fingerprint density at radius 3 is 1.17 bits per heavy atom. The van der Waals surface area contributed by atoms with Crippen LogP contribution in [0.4, 0.5) is 17.1 Å². The fourth-order valence-corrected chi connectivity index (χ4v) is 9.83. The fraction of sp³-hybridized carbons (Fsp3) is 0.0159. The van der Waals surface area contributed by atoms with Crippen molar-refractivity contribution in [2.24, 2.45) is 0 Å². The highest BCUT2D eigenvalue weighted by molar-refractivity contribution is 6.10. The maximum Gasteiger partial charge on any atom is 0.0541 e. The summed E-state index contributed by atoms with van der Waals surface area (Å²) >= 11 is 0. The Kier molecular flexibility index (Phi) is 9.92. The second kappa shape index (κ2) is 16.8. The largest absolute Gasteiger partial charge is 0.311 e. The number of nitrogens with zero attached hydrogens (tertiary/aromatic N) is 3. The standard InChI is InChI=1S/C63H45N3/c1-3-15-45(16-4-1)43-50(49-33-37-54(38-34-49)65-60-23-11-7-19-56(60)57-20-8-12-24-61(57)65)44-46-27-29-47(30-28-46)48-31-35-52(36-32-48)64(51-17-5-2-6-18-51)53-39-41-55(42-40-53)66-62-25-13-9-21-58(62)59-22-10-14-26-63(59)66/h1-43H,44H2/b50-43-. The van der Waals surface area contributed by atoms with Gasteiger partial charge < -0.3 is 14.0 Å². The average Bonchev–Trinajstić information content (AvgIpc) is 3.91. The van der Waals surface area contributed by atoms with Gasteiger partial charge in [0.25, 0.3) is 0 Å². The van der Waals surface area contributed by atoms with E-state index in [1.807, 2.05) is 0 Å². The summed E-state index contributed by atoms with van der Waals surface area (Å²) in [6, 6.07) is 92.1. The Balaban J connectivity index is 0.821. The van der Waals surface area contributed by atoms with Crippen molar-refractivity contribution < 1.29 is 0 Å². The number of hydrogen-bond acceptors (Lipinski definition) is 1. The number of rotatable bonds is 10. The molecule has 0 amide bonds. The Bertz CT molecular complexity index is 3570. The quantitative estimate of drug-likeness (QED) is 0.125. The lowest BCUT2D eigenvalue weighted by atomic mass is 9.94. The van der Waals surface area contributed by atoms with E-state index in [9.17, 15) is 0 Å². The summed E-state index contributed by atoms with van der Waals surface area (Å²) in [6.07, 6.45) is 3.14. The topological polar surface area (TPSA) is 13.1 Å². The zero-order chi connectivity index (χ0) is 43.8. The van der Waals surface area contributed by atoms with Crippen LogP contribution in [0.15, 0.2) is 255 Å². The SMILES string of the molecule is C(=C(\Cc1ccc(-c2ccc(N(c3ccccc3)c3ccc(-n4c5ccccc5c5ccccc54)cc3)cc2)cc1)c1ccc(-n2c3ccccc3c3ccccc32)cc1)/c1ccccc1. The van der Waals surface area contributed by atoms with Crippen molar-refractivity contribution in [2.45, 2.75) is 6.42 Å². The number of para-hydroxylation sites is 5. The van der Waals surface area contributed by atoms with Crippen molar-refractivity contribution in [1.29, 1.82) is 0 Å². The Hall–Kier alpha value is -8.66. The molecule has 3 heteroatoms. The molecule has 2 heterocycles. The zero-order valence-electron chi connectivity index (χ0n) is 36.4. The maximum absolute atomic E-state index is 2.38. The van der Waals surface area contributed by atoms with Crippen molar-refractivity contribution in [2.75, 3.05) is 4.90 Å². The summed E-state index contributed by atoms with van der Waals surface area (Å²) in [4.78, 5) is 2.33. The highest BCUT2D eigenvalue weighted by Gasteiger charge is 2.16. The molecule has 0 unspecified atom stereocenters. The molecule has 0 spiro atoms. The molecule has 0 aliphatic rings. The first-order valence-electron chi connectivity index (χ1n) is 22.7. The molecule has 10 aromatic carbocycles. The molecule has 0 saturated carbocycles. The maximum atomic E-state index is 2.38. The Morgan fingerprint density at radius 1 is 0.333 bits per heavy atom. The van der Waals surface area contributed by atoms with Crippen LogP contribution in [-0.4, -0.2) is 9.13 Å². The van der Waals surface area contributed by atoms with Gasteiger partial charge in [0.05, 0.1) is 22.1 Å². The van der Waals surface area contributed by atoms with Gasteiger partial charge in [-0.15, -0.1) is 0 Å². The van der Waals surface area contributed by atoms with Gasteiger partial charge in [-0.25, -0.2) is 0 Å². The molecule has 12 aromatic rings. The lowest BCUT2D eigenvalue weighted by Gasteiger charge is -2.26. The summed E-state index contributed by atoms with van der Waals surface area (Å²) in [7, 11) is 0. The van der Waals surface area contributed by atoms with E-state index in [1.54, 1.807) is 0 Å². The number of aromatic nitrogens is 2. The second-order valence-corrected chi connectivity index (χ2v) is 17.0. The van der Waals surface area contributed by atoms with E-state index in [0.717, 1.165) is 34.9 Å². The third kappa shape index (κ3) is 7.13. The number of hydrogen-bond donors (Lipinski definition) is 0. The normalized spacial score (nSPS) is 11.8. The van der Waals surface area contributed by atoms with Crippen molar-refractivity contribution in [1.82, 2.24) is 9.13 Å². The number of benzene rings is 10. The van der Waals surface area contributed by atoms with Crippen LogP contribution in [0, 0.1) is 0 Å². The molecule has 0 aliphatic heterocycles. The summed E-state index contributed by atoms with van der Waals surface area (Å²) in [6.45, 7) is 0. The minimum atomic E-state index is 0.810. The molecular formula is C63H45N3. The molecule has 0 radical (unpaired) electrons. The first-order chi connectivity index (χ1) is 32.7. The lowest BCUT2D eigenvalue weighted by Crippen LogP contribution is -2.10. The van der Waals surface area contributed by atoms with Gasteiger partial charge in [-0.2, -0.15) is 0 Å². The van der Waals surface area contributed by atoms with Crippen LogP contribution in [0.25, 0.3) is 77.8 Å². The molecule has 66 heavy (non-hydrogen) atoms. The van der Waals surface area contributed by atoms with Gasteiger partial charge in [-0.05, 0) is 125 Å². The molecule has 3 nitrogen and oxygen atoms in total. The third-order valence-electron chi connectivity index (χ3n) is 13.0. The predicted molar refractivity (Wildman–Crippen MR) is 280 cm³/mol. The van der Waals surface area contributed by atoms with Crippen molar-refractivity contribution >= 4 is 72.3 Å². The van der Waals surface area contributed by atoms with E-state index in [1.165, 1.54) is 77.0 Å². The zero-order valence-corrected chi connectivity index (χ0v) is 36.4. The molecule has 12 rings (SSSR count). The molecule has 0 fully saturated rings. The Morgan fingerprint density at radius 2 is 0.697 bits per heavy atom. The van der Waals surface area contributed by atoms with Gasteiger partial charge >= 0.3 is 0 Å². The van der Waals surface area contributed by atoms with Crippen molar-refractivity contribution in [3.63, 3.8) is 0 Å². The predicted octanol–water partition coefficient (Wildman–Crippen LogP) is 16.8. The molecule has 0 atom stereocenters. The Labute approximate surface area is 385 Å². The first kappa shape index (κ1) is 39.0. The van der Waals surface area contributed by atoms with Gasteiger partial charge in [0, 0.05) is 50.0 Å². The third-order valence-corrected chi connectivity index (χ3v) is 13.0. The van der Waals surface area contributed by atoms with Crippen molar-refractivity contribution in [3.05, 3.63) is 271 Å². The highest BCUT2D eigenvalue weighted by atomic mass is 15.1. The van der Waals surface area contributed by atoms with Crippen LogP contribution >= 0.6 is 0 Å². The minimum Gasteiger partial charge on any atom is -0.311 e. The molecule has 0 bridgehead atoms. The van der Waals surface area contributed by atoms with E-state index in [2.05, 4.69) is 275 Å². The van der Waals surface area contributed by atoms with E-state index < -0.39 is 0 Å². The molecule has 312 valence electrons. The molecular weight excluding hydrogens is 799 g/mol. The minimum absolute atomic E-state index is 0.810. The van der Waals surface area contributed by atoms with E-state index in [-0.39, 0.29) is 0 Å². The summed E-state index contributed by atoms with van der Waals surface area (Å²) in [5.41, 5.74) is 17.8. The number of fused-ring (bicyclic) bond motifs is 6. The van der Waals surface area contributed by atoms with Crippen LogP contribution in [0.3, 0.4) is 0 Å². The monoisotopic (exact) mass is 843 g/mol. The molecule has 2 aromatic heterocycles. The highest BCUT2D eigenvalue weighted by Crippen LogP contribution is 2.38. The summed E-state index contributed by atoms with van der Waals surface area (Å²) < 4.78 is 4.75. The van der Waals surface area contributed by atoms with Gasteiger partial charge in [0.1, 0.15) is 0 Å². The van der Waals surface area contributed by atoms with Crippen LogP contribution in [0.2, 0.25) is 0 Å². The fourth-order valence-electron chi connectivity index (χ4n) is 9.83.